The van der Waals surface area contributed by atoms with Crippen LogP contribution in [0.5, 0.6) is 23.3 Å². The Labute approximate surface area is 397 Å². The van der Waals surface area contributed by atoms with Gasteiger partial charge in [0.25, 0.3) is 0 Å². The van der Waals surface area contributed by atoms with Crippen molar-refractivity contribution < 1.29 is 94.5 Å². The predicted octanol–water partition coefficient (Wildman–Crippen LogP) is 3.43. The second-order valence-corrected chi connectivity index (χ2v) is 16.0. The van der Waals surface area contributed by atoms with Gasteiger partial charge in [-0.25, -0.2) is 26.8 Å². The van der Waals surface area contributed by atoms with E-state index in [2.05, 4.69) is 30.6 Å². The average Bonchev–Trinajstić information content (AvgIpc) is 3.17. The molecule has 290 valence electrons. The zero-order valence-corrected chi connectivity index (χ0v) is 38.5. The Hall–Kier alpha value is -4.40. The molecule has 0 aliphatic carbocycles. The normalized spacial score (nSPS) is 11.3. The molecule has 2 N–H and O–H groups in total. The molecule has 8 aromatic rings. The molecule has 20 heteroatoms. The first-order valence-corrected chi connectivity index (χ1v) is 20.5. The number of fused-ring (bicyclic) bond motifs is 2. The smallest absolute Gasteiger partial charge is 0.744 e. The van der Waals surface area contributed by atoms with Gasteiger partial charge in [-0.1, -0.05) is 96.0 Å². The molecule has 2 aromatic heterocycles. The van der Waals surface area contributed by atoms with E-state index >= 15 is 0 Å². The molecule has 0 fully saturated rings. The summed E-state index contributed by atoms with van der Waals surface area (Å²) in [5.74, 6) is 0.813. The van der Waals surface area contributed by atoms with Gasteiger partial charge in [-0.2, -0.15) is 9.97 Å². The van der Waals surface area contributed by atoms with Gasteiger partial charge in [0.1, 0.15) is 42.0 Å². The zero-order chi connectivity index (χ0) is 40.6. The van der Waals surface area contributed by atoms with Crippen molar-refractivity contribution in [2.45, 2.75) is 9.79 Å². The van der Waals surface area contributed by atoms with Gasteiger partial charge < -0.3 is 29.2 Å². The van der Waals surface area contributed by atoms with Crippen LogP contribution in [0, 0.1) is 0 Å². The Morgan fingerprint density at radius 3 is 1.23 bits per heavy atom. The molecule has 0 atom stereocenters. The maximum atomic E-state index is 12.6. The Bertz CT molecular complexity index is 2940. The molecular formula is C40H24Cl2N6Na2O8S2. The van der Waals surface area contributed by atoms with Crippen LogP contribution in [-0.2, 0) is 20.2 Å². The minimum Gasteiger partial charge on any atom is -0.744 e. The molecule has 0 aliphatic rings. The van der Waals surface area contributed by atoms with E-state index in [-0.39, 0.29) is 116 Å². The van der Waals surface area contributed by atoms with Crippen molar-refractivity contribution in [3.05, 3.63) is 144 Å². The molecule has 2 heterocycles. The predicted molar refractivity (Wildman–Crippen MR) is 216 cm³/mol. The van der Waals surface area contributed by atoms with Crippen LogP contribution < -0.4 is 79.2 Å². The standard InChI is InChI=1S/C40H26Cl2N6O8S2.2Na/c41-35-21-37(55-29-13-9-23-5-1-3-7-25(23)17-29)47-39(45-35)43-27-11-15-31(33(19-27)57(49,50)51)32-16-12-28(20-34(32)58(52,53)54)44-40-46-36(42)22-38(48-40)56-30-14-10-24-6-2-4-8-26(24)18-30;;/h1-22H,(H,43,45,47)(H,44,46,48)(H,49,50,51)(H,52,53,54);;/q;2*+1/p-2. The molecule has 0 bridgehead atoms. The number of halogens is 2. The summed E-state index contributed by atoms with van der Waals surface area (Å²) < 4.78 is 87.6. The van der Waals surface area contributed by atoms with Crippen LogP contribution in [0.15, 0.2) is 143 Å². The molecule has 8 rings (SSSR count). The number of nitrogens with zero attached hydrogens (tertiary/aromatic N) is 4. The topological polar surface area (TPSA) is 208 Å². The van der Waals surface area contributed by atoms with Gasteiger partial charge in [-0.15, -0.1) is 0 Å². The Morgan fingerprint density at radius 1 is 0.467 bits per heavy atom. The van der Waals surface area contributed by atoms with Gasteiger partial charge in [-0.3, -0.25) is 0 Å². The number of rotatable bonds is 11. The average molecular weight is 898 g/mol. The monoisotopic (exact) mass is 896 g/mol. The summed E-state index contributed by atoms with van der Waals surface area (Å²) >= 11 is 12.5. The van der Waals surface area contributed by atoms with E-state index in [1.165, 1.54) is 24.3 Å². The first-order chi connectivity index (χ1) is 27.7. The van der Waals surface area contributed by atoms with Gasteiger partial charge in [0.05, 0.1) is 9.79 Å². The van der Waals surface area contributed by atoms with E-state index in [0.717, 1.165) is 45.8 Å². The second kappa shape index (κ2) is 18.7. The Kier molecular flexibility index (Phi) is 14.1. The summed E-state index contributed by atoms with van der Waals surface area (Å²) in [5.41, 5.74) is -0.693. The van der Waals surface area contributed by atoms with Crippen LogP contribution in [-0.4, -0.2) is 45.9 Å². The summed E-state index contributed by atoms with van der Waals surface area (Å²) in [7, 11) is -10.6. The fourth-order valence-corrected chi connectivity index (χ4v) is 7.81. The SMILES string of the molecule is O=S(=O)([O-])c1cc(Nc2nc(Cl)cc(Oc3ccc4ccccc4c3)n2)ccc1-c1ccc(Nc2nc(Cl)cc(Oc3ccc4ccccc4c3)n2)cc1S(=O)(=O)[O-].[Na+].[Na+]. The summed E-state index contributed by atoms with van der Waals surface area (Å²) in [4.78, 5) is 15.1. The first kappa shape index (κ1) is 45.1. The Balaban J connectivity index is 0.00000302. The molecule has 0 radical (unpaired) electrons. The molecule has 14 nitrogen and oxygen atoms in total. The maximum absolute atomic E-state index is 12.6. The van der Waals surface area contributed by atoms with Crippen molar-refractivity contribution >= 4 is 88.3 Å². The summed E-state index contributed by atoms with van der Waals surface area (Å²) in [6, 6.07) is 35.9. The summed E-state index contributed by atoms with van der Waals surface area (Å²) in [5, 5.41) is 9.41. The van der Waals surface area contributed by atoms with Gasteiger partial charge >= 0.3 is 59.1 Å². The van der Waals surface area contributed by atoms with Crippen molar-refractivity contribution in [2.24, 2.45) is 0 Å². The zero-order valence-electron chi connectivity index (χ0n) is 31.3. The molecule has 0 amide bonds. The van der Waals surface area contributed by atoms with E-state index in [0.29, 0.717) is 11.5 Å². The van der Waals surface area contributed by atoms with Crippen molar-refractivity contribution in [2.75, 3.05) is 10.6 Å². The number of benzene rings is 6. The fourth-order valence-electron chi connectivity index (χ4n) is 6.03. The number of aromatic nitrogens is 4. The van der Waals surface area contributed by atoms with E-state index in [9.17, 15) is 25.9 Å². The quantitative estimate of drug-likeness (QED) is 0.108. The number of anilines is 4. The maximum Gasteiger partial charge on any atom is 1.00 e. The first-order valence-electron chi connectivity index (χ1n) is 16.9. The molecule has 60 heavy (non-hydrogen) atoms. The number of hydrogen-bond acceptors (Lipinski definition) is 14. The Morgan fingerprint density at radius 2 is 0.850 bits per heavy atom. The van der Waals surface area contributed by atoms with Crippen LogP contribution in [0.3, 0.4) is 0 Å². The summed E-state index contributed by atoms with van der Waals surface area (Å²) in [6.07, 6.45) is 0. The third-order valence-corrected chi connectivity index (χ3v) is 10.7. The van der Waals surface area contributed by atoms with Crippen LogP contribution in [0.25, 0.3) is 32.7 Å². The largest absolute Gasteiger partial charge is 1.00 e. The minimum absolute atomic E-state index is 0. The van der Waals surface area contributed by atoms with Crippen molar-refractivity contribution in [3.8, 4) is 34.4 Å². The number of hydrogen-bond donors (Lipinski definition) is 2. The van der Waals surface area contributed by atoms with Crippen LogP contribution in [0.4, 0.5) is 23.3 Å². The molecule has 0 unspecified atom stereocenters. The minimum atomic E-state index is -5.28. The third kappa shape index (κ3) is 10.7. The molecule has 0 saturated heterocycles. The molecule has 6 aromatic carbocycles. The van der Waals surface area contributed by atoms with Crippen molar-refractivity contribution in [3.63, 3.8) is 0 Å². The molecule has 0 saturated carbocycles. The van der Waals surface area contributed by atoms with Crippen LogP contribution in [0.1, 0.15) is 0 Å². The van der Waals surface area contributed by atoms with E-state index in [1.54, 1.807) is 12.1 Å². The van der Waals surface area contributed by atoms with Gasteiger partial charge in [-0.05, 0) is 70.1 Å². The summed E-state index contributed by atoms with van der Waals surface area (Å²) in [6.45, 7) is 0. The van der Waals surface area contributed by atoms with E-state index < -0.39 is 30.0 Å². The fraction of sp³-hybridized carbons (Fsp3) is 0. The molecule has 0 aliphatic heterocycles. The number of nitrogens with one attached hydrogen (secondary N) is 2. The van der Waals surface area contributed by atoms with E-state index in [4.69, 9.17) is 32.7 Å². The van der Waals surface area contributed by atoms with Crippen LogP contribution in [0.2, 0.25) is 10.3 Å². The second-order valence-electron chi connectivity index (χ2n) is 12.5. The molecule has 0 spiro atoms. The number of ether oxygens (including phenoxy) is 2. The van der Waals surface area contributed by atoms with Gasteiger partial charge in [0.15, 0.2) is 0 Å². The van der Waals surface area contributed by atoms with Gasteiger partial charge in [0.2, 0.25) is 23.7 Å². The van der Waals surface area contributed by atoms with Crippen molar-refractivity contribution in [1.82, 2.24) is 19.9 Å². The van der Waals surface area contributed by atoms with Crippen molar-refractivity contribution in [1.29, 1.82) is 0 Å². The van der Waals surface area contributed by atoms with E-state index in [1.807, 2.05) is 72.8 Å². The molecular weight excluding hydrogens is 873 g/mol. The third-order valence-electron chi connectivity index (χ3n) is 8.53. The van der Waals surface area contributed by atoms with Gasteiger partial charge in [0, 0.05) is 34.6 Å². The van der Waals surface area contributed by atoms with Crippen LogP contribution >= 0.6 is 23.2 Å².